The van der Waals surface area contributed by atoms with Gasteiger partial charge in [0.05, 0.1) is 0 Å². The van der Waals surface area contributed by atoms with E-state index in [2.05, 4.69) is 5.32 Å². The molecule has 2 aromatic carbocycles. The molecule has 0 bridgehead atoms. The highest BCUT2D eigenvalue weighted by Gasteiger charge is 2.09. The average molecular weight is 332 g/mol. The smallest absolute Gasteiger partial charge is 0.306 e. The van der Waals surface area contributed by atoms with Crippen molar-refractivity contribution in [2.45, 2.75) is 19.8 Å². The van der Waals surface area contributed by atoms with Crippen LogP contribution >= 0.6 is 11.6 Å². The van der Waals surface area contributed by atoms with Gasteiger partial charge in [0, 0.05) is 17.1 Å². The van der Waals surface area contributed by atoms with Crippen molar-refractivity contribution in [2.24, 2.45) is 0 Å². The normalized spacial score (nSPS) is 10.2. The van der Waals surface area contributed by atoms with Crippen molar-refractivity contribution in [1.82, 2.24) is 0 Å². The summed E-state index contributed by atoms with van der Waals surface area (Å²) < 4.78 is 4.97. The first-order chi connectivity index (χ1) is 11.0. The van der Waals surface area contributed by atoms with E-state index in [0.717, 1.165) is 11.1 Å². The van der Waals surface area contributed by atoms with Crippen molar-refractivity contribution >= 4 is 29.2 Å². The van der Waals surface area contributed by atoms with E-state index in [9.17, 15) is 9.59 Å². The van der Waals surface area contributed by atoms with Gasteiger partial charge >= 0.3 is 5.97 Å². The minimum Gasteiger partial charge on any atom is -0.456 e. The minimum atomic E-state index is -0.397. The average Bonchev–Trinajstić information content (AvgIpc) is 2.55. The van der Waals surface area contributed by atoms with Crippen LogP contribution in [-0.2, 0) is 20.7 Å². The van der Waals surface area contributed by atoms with Gasteiger partial charge in [-0.3, -0.25) is 9.59 Å². The van der Waals surface area contributed by atoms with E-state index in [1.807, 2.05) is 43.3 Å². The lowest BCUT2D eigenvalue weighted by molar-refractivity contribution is -0.147. The molecule has 0 aliphatic heterocycles. The molecule has 0 aliphatic carbocycles. The Bertz CT molecular complexity index is 686. The van der Waals surface area contributed by atoms with Gasteiger partial charge in [-0.15, -0.1) is 0 Å². The molecule has 0 saturated heterocycles. The van der Waals surface area contributed by atoms with Crippen molar-refractivity contribution in [3.05, 3.63) is 64.7 Å². The number of aryl methyl sites for hydroxylation is 2. The maximum absolute atomic E-state index is 11.8. The second kappa shape index (κ2) is 8.34. The van der Waals surface area contributed by atoms with Crippen LogP contribution in [0.2, 0.25) is 5.02 Å². The van der Waals surface area contributed by atoms with Crippen LogP contribution in [0.25, 0.3) is 0 Å². The summed E-state index contributed by atoms with van der Waals surface area (Å²) in [6.45, 7) is 1.57. The number of rotatable bonds is 6. The van der Waals surface area contributed by atoms with Gasteiger partial charge < -0.3 is 10.1 Å². The van der Waals surface area contributed by atoms with Crippen molar-refractivity contribution in [1.29, 1.82) is 0 Å². The molecule has 0 saturated carbocycles. The molecule has 23 heavy (non-hydrogen) atoms. The maximum atomic E-state index is 11.8. The number of hydrogen-bond acceptors (Lipinski definition) is 3. The fourth-order valence-corrected chi connectivity index (χ4v) is 2.16. The summed E-state index contributed by atoms with van der Waals surface area (Å²) in [6.07, 6.45) is 0.836. The first-order valence-electron chi connectivity index (χ1n) is 7.30. The molecule has 0 aliphatic rings. The number of nitrogens with one attached hydrogen (secondary N) is 1. The van der Waals surface area contributed by atoms with Crippen molar-refractivity contribution < 1.29 is 14.3 Å². The topological polar surface area (TPSA) is 55.4 Å². The van der Waals surface area contributed by atoms with Crippen LogP contribution < -0.4 is 5.32 Å². The number of anilines is 1. The molecule has 0 aromatic heterocycles. The lowest BCUT2D eigenvalue weighted by Crippen LogP contribution is -2.21. The third-order valence-corrected chi connectivity index (χ3v) is 3.69. The van der Waals surface area contributed by atoms with Gasteiger partial charge in [-0.2, -0.15) is 0 Å². The van der Waals surface area contributed by atoms with E-state index in [1.54, 1.807) is 12.1 Å². The molecule has 1 N–H and O–H groups in total. The Morgan fingerprint density at radius 2 is 1.87 bits per heavy atom. The quantitative estimate of drug-likeness (QED) is 0.820. The number of ether oxygens (including phenoxy) is 1. The SMILES string of the molecule is Cc1ccc(NC(=O)COC(=O)CCc2ccccc2)cc1Cl. The van der Waals surface area contributed by atoms with Gasteiger partial charge in [0.15, 0.2) is 6.61 Å². The maximum Gasteiger partial charge on any atom is 0.306 e. The fourth-order valence-electron chi connectivity index (χ4n) is 1.98. The molecule has 0 radical (unpaired) electrons. The Morgan fingerprint density at radius 3 is 2.57 bits per heavy atom. The molecule has 0 heterocycles. The molecule has 2 rings (SSSR count). The Kier molecular flexibility index (Phi) is 6.18. The van der Waals surface area contributed by atoms with E-state index in [1.165, 1.54) is 0 Å². The van der Waals surface area contributed by atoms with Gasteiger partial charge in [-0.25, -0.2) is 0 Å². The highest BCUT2D eigenvalue weighted by atomic mass is 35.5. The van der Waals surface area contributed by atoms with Crippen molar-refractivity contribution in [2.75, 3.05) is 11.9 Å². The van der Waals surface area contributed by atoms with Gasteiger partial charge in [-0.1, -0.05) is 48.0 Å². The molecule has 120 valence electrons. The minimum absolute atomic E-state index is 0.244. The van der Waals surface area contributed by atoms with E-state index in [4.69, 9.17) is 16.3 Å². The fraction of sp³-hybridized carbons (Fsp3) is 0.222. The molecule has 0 unspecified atom stereocenters. The molecule has 1 amide bonds. The Hall–Kier alpha value is -2.33. The monoisotopic (exact) mass is 331 g/mol. The van der Waals surface area contributed by atoms with Gasteiger partial charge in [0.25, 0.3) is 5.91 Å². The van der Waals surface area contributed by atoms with Crippen LogP contribution in [0, 0.1) is 6.92 Å². The number of esters is 1. The molecule has 0 fully saturated rings. The van der Waals surface area contributed by atoms with Crippen LogP contribution in [-0.4, -0.2) is 18.5 Å². The first kappa shape index (κ1) is 17.0. The Labute approximate surface area is 140 Å². The molecular formula is C18H18ClNO3. The number of carbonyl (C=O) groups is 2. The number of carbonyl (C=O) groups excluding carboxylic acids is 2. The summed E-state index contributed by atoms with van der Waals surface area (Å²) in [5.41, 5.74) is 2.56. The predicted molar refractivity (Wildman–Crippen MR) is 90.5 cm³/mol. The van der Waals surface area contributed by atoms with Crippen LogP contribution in [0.3, 0.4) is 0 Å². The molecule has 0 spiro atoms. The second-order valence-corrected chi connectivity index (χ2v) is 5.57. The zero-order valence-electron chi connectivity index (χ0n) is 12.8. The summed E-state index contributed by atoms with van der Waals surface area (Å²) in [6, 6.07) is 14.9. The molecule has 5 heteroatoms. The summed E-state index contributed by atoms with van der Waals surface area (Å²) in [5.74, 6) is -0.788. The summed E-state index contributed by atoms with van der Waals surface area (Å²) in [7, 11) is 0. The lowest BCUT2D eigenvalue weighted by Gasteiger charge is -2.08. The third kappa shape index (κ3) is 5.75. The number of amides is 1. The number of hydrogen-bond donors (Lipinski definition) is 1. The Morgan fingerprint density at radius 1 is 1.13 bits per heavy atom. The predicted octanol–water partition coefficient (Wildman–Crippen LogP) is 3.76. The largest absolute Gasteiger partial charge is 0.456 e. The standard InChI is InChI=1S/C18H18ClNO3/c1-13-7-9-15(11-16(13)19)20-17(21)12-23-18(22)10-8-14-5-3-2-4-6-14/h2-7,9,11H,8,10,12H2,1H3,(H,20,21). The number of halogens is 1. The van der Waals surface area contributed by atoms with E-state index in [0.29, 0.717) is 17.1 Å². The van der Waals surface area contributed by atoms with Crippen LogP contribution in [0.4, 0.5) is 5.69 Å². The summed E-state index contributed by atoms with van der Waals surface area (Å²) in [5, 5.41) is 3.21. The third-order valence-electron chi connectivity index (χ3n) is 3.28. The Balaban J connectivity index is 1.73. The van der Waals surface area contributed by atoms with Gasteiger partial charge in [0.2, 0.25) is 0 Å². The molecule has 4 nitrogen and oxygen atoms in total. The van der Waals surface area contributed by atoms with E-state index < -0.39 is 11.9 Å². The molecular weight excluding hydrogens is 314 g/mol. The van der Waals surface area contributed by atoms with E-state index in [-0.39, 0.29) is 13.0 Å². The van der Waals surface area contributed by atoms with Gasteiger partial charge in [-0.05, 0) is 36.6 Å². The van der Waals surface area contributed by atoms with Crippen molar-refractivity contribution in [3.8, 4) is 0 Å². The lowest BCUT2D eigenvalue weighted by atomic mass is 10.1. The molecule has 0 atom stereocenters. The van der Waals surface area contributed by atoms with Crippen LogP contribution in [0.15, 0.2) is 48.5 Å². The first-order valence-corrected chi connectivity index (χ1v) is 7.68. The summed E-state index contributed by atoms with van der Waals surface area (Å²) >= 11 is 5.99. The van der Waals surface area contributed by atoms with Crippen LogP contribution in [0.5, 0.6) is 0 Å². The zero-order chi connectivity index (χ0) is 16.7. The second-order valence-electron chi connectivity index (χ2n) is 5.16. The van der Waals surface area contributed by atoms with Crippen LogP contribution in [0.1, 0.15) is 17.5 Å². The van der Waals surface area contributed by atoms with E-state index >= 15 is 0 Å². The molecule has 2 aromatic rings. The zero-order valence-corrected chi connectivity index (χ0v) is 13.6. The summed E-state index contributed by atoms with van der Waals surface area (Å²) in [4.78, 5) is 23.4. The van der Waals surface area contributed by atoms with Gasteiger partial charge in [0.1, 0.15) is 0 Å². The highest BCUT2D eigenvalue weighted by Crippen LogP contribution is 2.19. The highest BCUT2D eigenvalue weighted by molar-refractivity contribution is 6.31. The van der Waals surface area contributed by atoms with Crippen molar-refractivity contribution in [3.63, 3.8) is 0 Å². The number of benzene rings is 2.